The summed E-state index contributed by atoms with van der Waals surface area (Å²) in [6.45, 7) is 4.00. The second kappa shape index (κ2) is 5.68. The van der Waals surface area contributed by atoms with Gasteiger partial charge in [-0.15, -0.1) is 0 Å². The number of hydrogen-bond donors (Lipinski definition) is 3. The van der Waals surface area contributed by atoms with Gasteiger partial charge in [0.25, 0.3) is 0 Å². The van der Waals surface area contributed by atoms with E-state index in [4.69, 9.17) is 34.0 Å². The molecular formula is C9H11Cl2NO3. The van der Waals surface area contributed by atoms with Crippen LogP contribution in [0.3, 0.4) is 0 Å². The molecule has 0 aliphatic heterocycles. The van der Waals surface area contributed by atoms with Crippen LogP contribution in [0.4, 0.5) is 5.69 Å². The number of rotatable bonds is 1. The van der Waals surface area contributed by atoms with Gasteiger partial charge in [-0.2, -0.15) is 0 Å². The molecule has 0 radical (unpaired) electrons. The number of halogens is 2. The van der Waals surface area contributed by atoms with Crippen LogP contribution in [0.1, 0.15) is 24.2 Å². The van der Waals surface area contributed by atoms with Gasteiger partial charge in [0.2, 0.25) is 0 Å². The van der Waals surface area contributed by atoms with Crippen molar-refractivity contribution in [3.63, 3.8) is 0 Å². The lowest BCUT2D eigenvalue weighted by molar-refractivity contribution is 0.0698. The van der Waals surface area contributed by atoms with Gasteiger partial charge in [0.15, 0.2) is 5.75 Å². The number of anilines is 1. The fraction of sp³-hybridized carbons (Fsp3) is 0.222. The van der Waals surface area contributed by atoms with Crippen molar-refractivity contribution in [1.82, 2.24) is 0 Å². The van der Waals surface area contributed by atoms with Crippen LogP contribution in [0.15, 0.2) is 6.07 Å². The molecule has 84 valence electrons. The van der Waals surface area contributed by atoms with Crippen molar-refractivity contribution in [3.8, 4) is 5.75 Å². The number of nitrogens with two attached hydrogens (primary N) is 1. The van der Waals surface area contributed by atoms with Crippen molar-refractivity contribution in [2.75, 3.05) is 5.73 Å². The fourth-order valence-electron chi connectivity index (χ4n) is 0.845. The molecule has 0 amide bonds. The molecule has 4 N–H and O–H groups in total. The highest BCUT2D eigenvalue weighted by molar-refractivity contribution is 6.38. The number of carboxylic acids is 1. The molecule has 0 atom stereocenters. The molecule has 0 aromatic heterocycles. The SMILES string of the molecule is CC.Nc1c(O)c(Cl)cc(Cl)c1C(=O)O. The highest BCUT2D eigenvalue weighted by Crippen LogP contribution is 2.37. The molecule has 1 aromatic carbocycles. The maximum atomic E-state index is 10.6. The summed E-state index contributed by atoms with van der Waals surface area (Å²) in [6.07, 6.45) is 0. The van der Waals surface area contributed by atoms with E-state index in [9.17, 15) is 9.90 Å². The molecule has 1 rings (SSSR count). The molecule has 0 saturated carbocycles. The summed E-state index contributed by atoms with van der Waals surface area (Å²) in [6, 6.07) is 1.12. The first-order valence-corrected chi connectivity index (χ1v) is 4.90. The van der Waals surface area contributed by atoms with Crippen LogP contribution in [-0.2, 0) is 0 Å². The summed E-state index contributed by atoms with van der Waals surface area (Å²) in [4.78, 5) is 10.6. The van der Waals surface area contributed by atoms with E-state index in [2.05, 4.69) is 0 Å². The van der Waals surface area contributed by atoms with Crippen LogP contribution in [0.25, 0.3) is 0 Å². The molecule has 0 unspecified atom stereocenters. The molecule has 0 aliphatic carbocycles. The van der Waals surface area contributed by atoms with Gasteiger partial charge in [-0.05, 0) is 6.07 Å². The highest BCUT2D eigenvalue weighted by Gasteiger charge is 2.18. The Balaban J connectivity index is 0.000000921. The summed E-state index contributed by atoms with van der Waals surface area (Å²) in [5.41, 5.74) is 4.61. The molecule has 0 saturated heterocycles. The lowest BCUT2D eigenvalue weighted by Gasteiger charge is -2.06. The van der Waals surface area contributed by atoms with Crippen LogP contribution in [0.5, 0.6) is 5.75 Å². The summed E-state index contributed by atoms with van der Waals surface area (Å²) < 4.78 is 0. The zero-order chi connectivity index (χ0) is 12.2. The highest BCUT2D eigenvalue weighted by atomic mass is 35.5. The predicted octanol–water partition coefficient (Wildman–Crippen LogP) is 3.01. The molecule has 0 heterocycles. The van der Waals surface area contributed by atoms with Crippen LogP contribution >= 0.6 is 23.2 Å². The van der Waals surface area contributed by atoms with Crippen LogP contribution in [0, 0.1) is 0 Å². The Hall–Kier alpha value is -1.13. The van der Waals surface area contributed by atoms with Gasteiger partial charge >= 0.3 is 5.97 Å². The van der Waals surface area contributed by atoms with E-state index in [1.165, 1.54) is 0 Å². The maximum Gasteiger partial charge on any atom is 0.339 e. The molecule has 0 fully saturated rings. The van der Waals surface area contributed by atoms with Crippen molar-refractivity contribution < 1.29 is 15.0 Å². The third-order valence-electron chi connectivity index (χ3n) is 1.46. The van der Waals surface area contributed by atoms with Crippen molar-refractivity contribution >= 4 is 34.9 Å². The predicted molar refractivity (Wildman–Crippen MR) is 60.8 cm³/mol. The van der Waals surface area contributed by atoms with Crippen molar-refractivity contribution in [2.24, 2.45) is 0 Å². The Morgan fingerprint density at radius 3 is 2.20 bits per heavy atom. The number of carboxylic acid groups (broad SMARTS) is 1. The van der Waals surface area contributed by atoms with E-state index in [1.807, 2.05) is 13.8 Å². The molecule has 15 heavy (non-hydrogen) atoms. The van der Waals surface area contributed by atoms with Gasteiger partial charge in [0.1, 0.15) is 5.56 Å². The lowest BCUT2D eigenvalue weighted by atomic mass is 10.1. The first-order valence-electron chi connectivity index (χ1n) is 4.15. The van der Waals surface area contributed by atoms with E-state index >= 15 is 0 Å². The molecule has 1 aromatic rings. The average Bonchev–Trinajstić information content (AvgIpc) is 2.17. The summed E-state index contributed by atoms with van der Waals surface area (Å²) in [5.74, 6) is -1.78. The number of aromatic hydroxyl groups is 1. The van der Waals surface area contributed by atoms with E-state index in [0.29, 0.717) is 0 Å². The molecular weight excluding hydrogens is 241 g/mol. The normalized spacial score (nSPS) is 9.07. The van der Waals surface area contributed by atoms with Crippen LogP contribution in [0.2, 0.25) is 10.0 Å². The lowest BCUT2D eigenvalue weighted by Crippen LogP contribution is -2.03. The zero-order valence-corrected chi connectivity index (χ0v) is 9.73. The molecule has 6 heteroatoms. The van der Waals surface area contributed by atoms with Crippen LogP contribution in [-0.4, -0.2) is 16.2 Å². The minimum Gasteiger partial charge on any atom is -0.504 e. The Bertz CT molecular complexity index is 380. The van der Waals surface area contributed by atoms with Gasteiger partial charge < -0.3 is 15.9 Å². The molecule has 0 bridgehead atoms. The molecule has 0 spiro atoms. The second-order valence-electron chi connectivity index (χ2n) is 2.28. The topological polar surface area (TPSA) is 83.5 Å². The van der Waals surface area contributed by atoms with E-state index in [0.717, 1.165) is 6.07 Å². The average molecular weight is 252 g/mol. The first kappa shape index (κ1) is 13.9. The van der Waals surface area contributed by atoms with E-state index in [1.54, 1.807) is 0 Å². The summed E-state index contributed by atoms with van der Waals surface area (Å²) in [7, 11) is 0. The molecule has 0 aliphatic rings. The van der Waals surface area contributed by atoms with Crippen molar-refractivity contribution in [1.29, 1.82) is 0 Å². The van der Waals surface area contributed by atoms with Crippen LogP contribution < -0.4 is 5.73 Å². The quantitative estimate of drug-likeness (QED) is 0.529. The maximum absolute atomic E-state index is 10.6. The van der Waals surface area contributed by atoms with Gasteiger partial charge in [0.05, 0.1) is 15.7 Å². The first-order chi connectivity index (χ1) is 6.95. The Morgan fingerprint density at radius 2 is 1.80 bits per heavy atom. The molecule has 4 nitrogen and oxygen atoms in total. The van der Waals surface area contributed by atoms with Gasteiger partial charge in [-0.1, -0.05) is 37.0 Å². The smallest absolute Gasteiger partial charge is 0.339 e. The van der Waals surface area contributed by atoms with Crippen molar-refractivity contribution in [3.05, 3.63) is 21.7 Å². The second-order valence-corrected chi connectivity index (χ2v) is 3.10. The van der Waals surface area contributed by atoms with E-state index < -0.39 is 11.7 Å². The number of nitrogen functional groups attached to an aromatic ring is 1. The van der Waals surface area contributed by atoms with Crippen molar-refractivity contribution in [2.45, 2.75) is 13.8 Å². The third-order valence-corrected chi connectivity index (χ3v) is 2.04. The Morgan fingerprint density at radius 1 is 1.33 bits per heavy atom. The number of phenolic OH excluding ortho intramolecular Hbond substituents is 1. The number of hydrogen-bond acceptors (Lipinski definition) is 3. The summed E-state index contributed by atoms with van der Waals surface area (Å²) >= 11 is 11.0. The Kier molecular flexibility index (Phi) is 5.25. The number of benzene rings is 1. The van der Waals surface area contributed by atoms with E-state index in [-0.39, 0.29) is 21.3 Å². The van der Waals surface area contributed by atoms with Gasteiger partial charge in [-0.3, -0.25) is 0 Å². The monoisotopic (exact) mass is 251 g/mol. The Labute approximate surface area is 97.2 Å². The zero-order valence-electron chi connectivity index (χ0n) is 8.21. The van der Waals surface area contributed by atoms with Gasteiger partial charge in [-0.25, -0.2) is 4.79 Å². The third kappa shape index (κ3) is 2.91. The summed E-state index contributed by atoms with van der Waals surface area (Å²) in [5, 5.41) is 17.6. The number of carbonyl (C=O) groups is 1. The fourth-order valence-corrected chi connectivity index (χ4v) is 1.40. The number of phenols is 1. The van der Waals surface area contributed by atoms with Gasteiger partial charge in [0, 0.05) is 0 Å². The number of aromatic carboxylic acids is 1. The standard InChI is InChI=1S/C7H5Cl2NO3.C2H6/c8-2-1-3(9)6(11)5(10)4(2)7(12)13;1-2/h1,11H,10H2,(H,12,13);1-2H3. The largest absolute Gasteiger partial charge is 0.504 e. The minimum atomic E-state index is -1.31. The minimum absolute atomic E-state index is 0.0764.